The maximum atomic E-state index is 14.1. The summed E-state index contributed by atoms with van der Waals surface area (Å²) in [5.74, 6) is -2.00. The molecule has 0 amide bonds. The number of fused-ring (bicyclic) bond motifs is 1. The summed E-state index contributed by atoms with van der Waals surface area (Å²) in [6.45, 7) is 1.64. The zero-order valence-electron chi connectivity index (χ0n) is 19.3. The van der Waals surface area contributed by atoms with Crippen LogP contribution in [0.3, 0.4) is 0 Å². The molecule has 0 fully saturated rings. The van der Waals surface area contributed by atoms with E-state index in [-0.39, 0.29) is 5.69 Å². The van der Waals surface area contributed by atoms with Crippen molar-refractivity contribution in [2.75, 3.05) is 4.72 Å². The van der Waals surface area contributed by atoms with E-state index in [1.165, 1.54) is 29.7 Å². The number of sulfonamides is 1. The Labute approximate surface area is 217 Å². The molecule has 0 saturated heterocycles. The average Bonchev–Trinajstić information content (AvgIpc) is 3.29. The van der Waals surface area contributed by atoms with E-state index in [2.05, 4.69) is 14.7 Å². The number of alkyl halides is 3. The molecule has 0 aliphatic rings. The van der Waals surface area contributed by atoms with Crippen LogP contribution in [0.5, 0.6) is 0 Å². The number of hydrogen-bond acceptors (Lipinski definition) is 5. The Morgan fingerprint density at radius 2 is 1.68 bits per heavy atom. The fourth-order valence-electron chi connectivity index (χ4n) is 3.83. The quantitative estimate of drug-likeness (QED) is 0.227. The Morgan fingerprint density at radius 3 is 2.45 bits per heavy atom. The molecule has 5 aromatic rings. The van der Waals surface area contributed by atoms with Crippen LogP contribution in [-0.2, 0) is 16.2 Å². The van der Waals surface area contributed by atoms with E-state index in [0.717, 1.165) is 24.3 Å². The van der Waals surface area contributed by atoms with Gasteiger partial charge in [-0.25, -0.2) is 27.2 Å². The lowest BCUT2D eigenvalue weighted by atomic mass is 10.0. The molecule has 38 heavy (non-hydrogen) atoms. The summed E-state index contributed by atoms with van der Waals surface area (Å²) in [6, 6.07) is 13.4. The molecule has 0 saturated carbocycles. The molecule has 1 N–H and O–H groups in total. The first-order valence-corrected chi connectivity index (χ1v) is 13.2. The predicted molar refractivity (Wildman–Crippen MR) is 135 cm³/mol. The van der Waals surface area contributed by atoms with Crippen molar-refractivity contribution in [2.45, 2.75) is 18.0 Å². The lowest BCUT2D eigenvalue weighted by Crippen LogP contribution is -2.15. The fraction of sp³-hybridized carbons (Fsp3) is 0.0769. The summed E-state index contributed by atoms with van der Waals surface area (Å²) in [5, 5.41) is 0.490. The topological polar surface area (TPSA) is 72.0 Å². The third kappa shape index (κ3) is 4.96. The van der Waals surface area contributed by atoms with Crippen LogP contribution in [0.4, 0.5) is 27.6 Å². The molecule has 0 atom stereocenters. The van der Waals surface area contributed by atoms with Gasteiger partial charge in [-0.3, -0.25) is 4.72 Å². The van der Waals surface area contributed by atoms with E-state index < -0.39 is 38.3 Å². The molecule has 0 aliphatic heterocycles. The second-order valence-electron chi connectivity index (χ2n) is 8.30. The van der Waals surface area contributed by atoms with Gasteiger partial charge in [-0.05, 0) is 60.5 Å². The molecular formula is C26H16F5N3O2S2. The third-order valence-corrected chi connectivity index (χ3v) is 8.16. The van der Waals surface area contributed by atoms with Crippen LogP contribution in [0, 0.1) is 18.6 Å². The first-order valence-electron chi connectivity index (χ1n) is 10.9. The van der Waals surface area contributed by atoms with Crippen LogP contribution in [0.1, 0.15) is 11.1 Å². The van der Waals surface area contributed by atoms with Crippen molar-refractivity contribution in [3.8, 4) is 21.7 Å². The van der Waals surface area contributed by atoms with Gasteiger partial charge in [-0.1, -0.05) is 35.6 Å². The Balaban J connectivity index is 1.50. The minimum absolute atomic E-state index is 0.142. The average molecular weight is 562 g/mol. The molecule has 0 spiro atoms. The highest BCUT2D eigenvalue weighted by Gasteiger charge is 2.30. The lowest BCUT2D eigenvalue weighted by Gasteiger charge is -2.13. The summed E-state index contributed by atoms with van der Waals surface area (Å²) in [5.41, 5.74) is 1.65. The van der Waals surface area contributed by atoms with Crippen molar-refractivity contribution in [1.29, 1.82) is 0 Å². The number of nitrogens with one attached hydrogen (secondary N) is 1. The third-order valence-electron chi connectivity index (χ3n) is 5.76. The molecule has 5 rings (SSSR count). The van der Waals surface area contributed by atoms with E-state index in [1.54, 1.807) is 31.2 Å². The zero-order valence-corrected chi connectivity index (χ0v) is 21.0. The largest absolute Gasteiger partial charge is 0.416 e. The van der Waals surface area contributed by atoms with Crippen LogP contribution in [0.2, 0.25) is 0 Å². The zero-order chi connectivity index (χ0) is 27.2. The van der Waals surface area contributed by atoms with Gasteiger partial charge in [0.15, 0.2) is 0 Å². The van der Waals surface area contributed by atoms with Gasteiger partial charge < -0.3 is 0 Å². The molecule has 0 radical (unpaired) electrons. The Kier molecular flexibility index (Phi) is 6.40. The SMILES string of the molecule is Cc1c(NS(=O)(=O)c2cc(F)ccc2F)cccc1-c1nc2cc(-c3cccc(C(F)(F)F)c3)cnc2s1. The Hall–Kier alpha value is -3.90. The highest BCUT2D eigenvalue weighted by molar-refractivity contribution is 7.92. The summed E-state index contributed by atoms with van der Waals surface area (Å²) in [6.07, 6.45) is -3.02. The fourth-order valence-corrected chi connectivity index (χ4v) is 6.02. The number of anilines is 1. The van der Waals surface area contributed by atoms with Gasteiger partial charge in [0.25, 0.3) is 10.0 Å². The maximum absolute atomic E-state index is 14.1. The second kappa shape index (κ2) is 9.44. The molecule has 2 heterocycles. The first-order chi connectivity index (χ1) is 17.9. The number of hydrogen-bond donors (Lipinski definition) is 1. The van der Waals surface area contributed by atoms with Gasteiger partial charge in [-0.2, -0.15) is 13.2 Å². The lowest BCUT2D eigenvalue weighted by molar-refractivity contribution is -0.137. The van der Waals surface area contributed by atoms with Crippen LogP contribution in [0.25, 0.3) is 32.0 Å². The first kappa shape index (κ1) is 25.7. The van der Waals surface area contributed by atoms with Gasteiger partial charge in [0.05, 0.1) is 11.3 Å². The maximum Gasteiger partial charge on any atom is 0.416 e. The van der Waals surface area contributed by atoms with Gasteiger partial charge in [0.2, 0.25) is 0 Å². The minimum atomic E-state index is -4.48. The van der Waals surface area contributed by atoms with E-state index in [0.29, 0.717) is 43.7 Å². The summed E-state index contributed by atoms with van der Waals surface area (Å²) in [7, 11) is -4.44. The molecule has 12 heteroatoms. The van der Waals surface area contributed by atoms with Crippen molar-refractivity contribution in [3.05, 3.63) is 95.7 Å². The smallest absolute Gasteiger partial charge is 0.279 e. The van der Waals surface area contributed by atoms with Crippen molar-refractivity contribution in [2.24, 2.45) is 0 Å². The number of thiazole rings is 1. The van der Waals surface area contributed by atoms with Crippen molar-refractivity contribution < 1.29 is 30.4 Å². The molecule has 5 nitrogen and oxygen atoms in total. The molecule has 0 unspecified atom stereocenters. The Bertz CT molecular complexity index is 1800. The summed E-state index contributed by atoms with van der Waals surface area (Å²) < 4.78 is 94.9. The number of pyridine rings is 1. The standard InChI is InChI=1S/C26H16F5N3O2S2/c1-14-19(6-3-7-21(14)34-38(35,36)23-12-18(27)8-9-20(23)28)24-33-22-11-16(13-32-25(22)37-24)15-4-2-5-17(10-15)26(29,30)31/h2-13,34H,1H3. The minimum Gasteiger partial charge on any atom is -0.279 e. The number of benzene rings is 3. The van der Waals surface area contributed by atoms with Gasteiger partial charge in [0, 0.05) is 17.3 Å². The van der Waals surface area contributed by atoms with Crippen LogP contribution < -0.4 is 4.72 Å². The van der Waals surface area contributed by atoms with E-state index in [1.807, 2.05) is 0 Å². The van der Waals surface area contributed by atoms with E-state index >= 15 is 0 Å². The highest BCUT2D eigenvalue weighted by atomic mass is 32.2. The Morgan fingerprint density at radius 1 is 0.921 bits per heavy atom. The molecule has 194 valence electrons. The van der Waals surface area contributed by atoms with Crippen LogP contribution in [-0.4, -0.2) is 18.4 Å². The van der Waals surface area contributed by atoms with Gasteiger partial charge in [0.1, 0.15) is 31.9 Å². The van der Waals surface area contributed by atoms with Crippen molar-refractivity contribution in [1.82, 2.24) is 9.97 Å². The summed E-state index contributed by atoms with van der Waals surface area (Å²) >= 11 is 1.21. The summed E-state index contributed by atoms with van der Waals surface area (Å²) in [4.78, 5) is 8.63. The van der Waals surface area contributed by atoms with Crippen molar-refractivity contribution >= 4 is 37.4 Å². The normalized spacial score (nSPS) is 12.2. The number of halogens is 5. The van der Waals surface area contributed by atoms with Crippen LogP contribution in [0.15, 0.2) is 77.8 Å². The van der Waals surface area contributed by atoms with E-state index in [4.69, 9.17) is 0 Å². The molecule has 3 aromatic carbocycles. The van der Waals surface area contributed by atoms with E-state index in [9.17, 15) is 30.4 Å². The van der Waals surface area contributed by atoms with Crippen molar-refractivity contribution in [3.63, 3.8) is 0 Å². The second-order valence-corrected chi connectivity index (χ2v) is 10.9. The molecule has 0 aliphatic carbocycles. The van der Waals surface area contributed by atoms with Gasteiger partial charge >= 0.3 is 6.18 Å². The number of aromatic nitrogens is 2. The number of nitrogens with zero attached hydrogens (tertiary/aromatic N) is 2. The number of rotatable bonds is 5. The predicted octanol–water partition coefficient (Wildman–Crippen LogP) is 7.43. The monoisotopic (exact) mass is 561 g/mol. The highest BCUT2D eigenvalue weighted by Crippen LogP contribution is 2.37. The van der Waals surface area contributed by atoms with Gasteiger partial charge in [-0.15, -0.1) is 0 Å². The molecule has 2 aromatic heterocycles. The molecular weight excluding hydrogens is 545 g/mol. The van der Waals surface area contributed by atoms with Crippen LogP contribution >= 0.6 is 11.3 Å². The molecule has 0 bridgehead atoms.